The van der Waals surface area contributed by atoms with Gasteiger partial charge in [0.1, 0.15) is 17.7 Å². The number of carbonyl (C=O) groups excluding carboxylic acids is 1. The summed E-state index contributed by atoms with van der Waals surface area (Å²) in [5, 5.41) is 21.1. The van der Waals surface area contributed by atoms with Crippen molar-refractivity contribution in [2.45, 2.75) is 27.7 Å². The molecule has 1 aromatic carbocycles. The van der Waals surface area contributed by atoms with Gasteiger partial charge in [0.05, 0.1) is 11.3 Å². The number of benzene rings is 1. The first-order chi connectivity index (χ1) is 11.4. The van der Waals surface area contributed by atoms with E-state index in [-0.39, 0.29) is 5.57 Å². The van der Waals surface area contributed by atoms with Crippen LogP contribution in [0, 0.1) is 34.5 Å². The van der Waals surface area contributed by atoms with Crippen molar-refractivity contribution in [3.05, 3.63) is 41.6 Å². The standard InChI is InChI=1S/C19H24N4O/c1-14(2)11-23(12-15(3)4)13-17(10-21)19(24)22-18-8-6-5-7-16(18)9-20/h5-8,13-15H,11-12H2,1-4H3,(H,22,24)/b17-13-. The Morgan fingerprint density at radius 2 is 1.75 bits per heavy atom. The topological polar surface area (TPSA) is 79.9 Å². The van der Waals surface area contributed by atoms with Crippen molar-refractivity contribution in [3.63, 3.8) is 0 Å². The van der Waals surface area contributed by atoms with Crippen LogP contribution in [0.15, 0.2) is 36.0 Å². The summed E-state index contributed by atoms with van der Waals surface area (Å²) in [7, 11) is 0. The molecule has 5 heteroatoms. The summed E-state index contributed by atoms with van der Waals surface area (Å²) < 4.78 is 0. The molecular formula is C19H24N4O. The van der Waals surface area contributed by atoms with E-state index in [0.717, 1.165) is 13.1 Å². The normalized spacial score (nSPS) is 11.1. The summed E-state index contributed by atoms with van der Waals surface area (Å²) >= 11 is 0. The molecule has 0 spiro atoms. The van der Waals surface area contributed by atoms with Crippen molar-refractivity contribution in [1.82, 2.24) is 4.90 Å². The first-order valence-electron chi connectivity index (χ1n) is 8.03. The number of nitriles is 2. The van der Waals surface area contributed by atoms with Crippen molar-refractivity contribution in [2.24, 2.45) is 11.8 Å². The molecule has 0 aliphatic heterocycles. The third-order valence-corrected chi connectivity index (χ3v) is 3.17. The summed E-state index contributed by atoms with van der Waals surface area (Å²) in [4.78, 5) is 14.4. The van der Waals surface area contributed by atoms with E-state index in [1.807, 2.05) is 17.0 Å². The highest BCUT2D eigenvalue weighted by Crippen LogP contribution is 2.15. The largest absolute Gasteiger partial charge is 0.376 e. The second kappa shape index (κ2) is 9.37. The molecule has 5 nitrogen and oxygen atoms in total. The molecule has 0 fully saturated rings. The Bertz CT molecular complexity index is 667. The molecule has 1 rings (SSSR count). The molecule has 0 saturated heterocycles. The predicted molar refractivity (Wildman–Crippen MR) is 94.7 cm³/mol. The summed E-state index contributed by atoms with van der Waals surface area (Å²) in [5.74, 6) is 0.336. The van der Waals surface area contributed by atoms with Gasteiger partial charge in [-0.1, -0.05) is 39.8 Å². The van der Waals surface area contributed by atoms with E-state index in [9.17, 15) is 10.1 Å². The Morgan fingerprint density at radius 3 is 2.25 bits per heavy atom. The van der Waals surface area contributed by atoms with Crippen LogP contribution in [0.2, 0.25) is 0 Å². The smallest absolute Gasteiger partial charge is 0.267 e. The van der Waals surface area contributed by atoms with Crippen molar-refractivity contribution in [1.29, 1.82) is 10.5 Å². The van der Waals surface area contributed by atoms with Crippen LogP contribution in [-0.4, -0.2) is 23.9 Å². The monoisotopic (exact) mass is 324 g/mol. The van der Waals surface area contributed by atoms with Crippen LogP contribution >= 0.6 is 0 Å². The zero-order valence-electron chi connectivity index (χ0n) is 14.7. The molecule has 1 amide bonds. The van der Waals surface area contributed by atoms with Gasteiger partial charge in [-0.25, -0.2) is 0 Å². The van der Waals surface area contributed by atoms with Crippen LogP contribution in [0.25, 0.3) is 0 Å². The average molecular weight is 324 g/mol. The minimum absolute atomic E-state index is 0.0315. The molecule has 0 unspecified atom stereocenters. The molecule has 24 heavy (non-hydrogen) atoms. The minimum atomic E-state index is -0.502. The van der Waals surface area contributed by atoms with Gasteiger partial charge in [0.25, 0.3) is 5.91 Å². The maximum Gasteiger partial charge on any atom is 0.267 e. The number of para-hydroxylation sites is 1. The number of hydrogen-bond donors (Lipinski definition) is 1. The summed E-state index contributed by atoms with van der Waals surface area (Å²) in [5.41, 5.74) is 0.804. The fraction of sp³-hybridized carbons (Fsp3) is 0.421. The fourth-order valence-electron chi connectivity index (χ4n) is 2.32. The van der Waals surface area contributed by atoms with Gasteiger partial charge in [-0.05, 0) is 24.0 Å². The van der Waals surface area contributed by atoms with Crippen LogP contribution in [0.5, 0.6) is 0 Å². The lowest BCUT2D eigenvalue weighted by Crippen LogP contribution is -2.28. The van der Waals surface area contributed by atoms with Gasteiger partial charge in [0.15, 0.2) is 0 Å². The molecule has 0 atom stereocenters. The molecule has 1 N–H and O–H groups in total. The van der Waals surface area contributed by atoms with E-state index >= 15 is 0 Å². The number of amides is 1. The zero-order chi connectivity index (χ0) is 18.1. The molecule has 0 saturated carbocycles. The van der Waals surface area contributed by atoms with Crippen LogP contribution in [0.3, 0.4) is 0 Å². The van der Waals surface area contributed by atoms with E-state index in [2.05, 4.69) is 33.0 Å². The van der Waals surface area contributed by atoms with Gasteiger partial charge < -0.3 is 10.2 Å². The molecule has 0 heterocycles. The van der Waals surface area contributed by atoms with Crippen LogP contribution in [0.4, 0.5) is 5.69 Å². The number of nitrogens with zero attached hydrogens (tertiary/aromatic N) is 3. The highest BCUT2D eigenvalue weighted by molar-refractivity contribution is 6.07. The Balaban J connectivity index is 2.99. The molecule has 0 aromatic heterocycles. The number of anilines is 1. The lowest BCUT2D eigenvalue weighted by molar-refractivity contribution is -0.112. The van der Waals surface area contributed by atoms with Crippen LogP contribution in [-0.2, 0) is 4.79 Å². The van der Waals surface area contributed by atoms with Crippen LogP contribution in [0.1, 0.15) is 33.3 Å². The van der Waals surface area contributed by atoms with E-state index in [4.69, 9.17) is 5.26 Å². The maximum absolute atomic E-state index is 12.4. The molecule has 0 bridgehead atoms. The number of rotatable bonds is 7. The molecule has 1 aromatic rings. The third kappa shape index (κ3) is 6.14. The second-order valence-electron chi connectivity index (χ2n) is 6.51. The van der Waals surface area contributed by atoms with Crippen molar-refractivity contribution >= 4 is 11.6 Å². The maximum atomic E-state index is 12.4. The SMILES string of the molecule is CC(C)CN(/C=C(/C#N)C(=O)Nc1ccccc1C#N)CC(C)C. The van der Waals surface area contributed by atoms with Gasteiger partial charge >= 0.3 is 0 Å². The second-order valence-corrected chi connectivity index (χ2v) is 6.51. The van der Waals surface area contributed by atoms with Crippen molar-refractivity contribution < 1.29 is 4.79 Å². The molecular weight excluding hydrogens is 300 g/mol. The summed E-state index contributed by atoms with van der Waals surface area (Å²) in [6.07, 6.45) is 1.62. The molecule has 0 radical (unpaired) electrons. The van der Waals surface area contributed by atoms with Crippen LogP contribution < -0.4 is 5.32 Å². The Morgan fingerprint density at radius 1 is 1.17 bits per heavy atom. The van der Waals surface area contributed by atoms with Gasteiger partial charge in [-0.2, -0.15) is 10.5 Å². The number of carbonyl (C=O) groups is 1. The molecule has 0 aliphatic rings. The van der Waals surface area contributed by atoms with Crippen molar-refractivity contribution in [3.8, 4) is 12.1 Å². The molecule has 126 valence electrons. The van der Waals surface area contributed by atoms with Gasteiger partial charge in [0, 0.05) is 19.3 Å². The van der Waals surface area contributed by atoms with E-state index in [1.165, 1.54) is 0 Å². The lowest BCUT2D eigenvalue weighted by atomic mass is 10.1. The Kier molecular flexibility index (Phi) is 7.52. The molecule has 0 aliphatic carbocycles. The van der Waals surface area contributed by atoms with E-state index in [0.29, 0.717) is 23.1 Å². The lowest BCUT2D eigenvalue weighted by Gasteiger charge is -2.25. The van der Waals surface area contributed by atoms with Gasteiger partial charge in [-0.3, -0.25) is 4.79 Å². The summed E-state index contributed by atoms with van der Waals surface area (Å²) in [6.45, 7) is 9.91. The first kappa shape index (κ1) is 19.3. The number of nitrogens with one attached hydrogen (secondary N) is 1. The third-order valence-electron chi connectivity index (χ3n) is 3.17. The highest BCUT2D eigenvalue weighted by atomic mass is 16.1. The zero-order valence-corrected chi connectivity index (χ0v) is 14.7. The highest BCUT2D eigenvalue weighted by Gasteiger charge is 2.14. The van der Waals surface area contributed by atoms with Gasteiger partial charge in [0.2, 0.25) is 0 Å². The fourth-order valence-corrected chi connectivity index (χ4v) is 2.32. The van der Waals surface area contributed by atoms with Crippen molar-refractivity contribution in [2.75, 3.05) is 18.4 Å². The Labute approximate surface area is 144 Å². The summed E-state index contributed by atoms with van der Waals surface area (Å²) in [6, 6.07) is 10.7. The first-order valence-corrected chi connectivity index (χ1v) is 8.03. The average Bonchev–Trinajstić information content (AvgIpc) is 2.51. The minimum Gasteiger partial charge on any atom is -0.376 e. The Hall–Kier alpha value is -2.79. The van der Waals surface area contributed by atoms with Gasteiger partial charge in [-0.15, -0.1) is 0 Å². The van der Waals surface area contributed by atoms with E-state index < -0.39 is 5.91 Å². The number of hydrogen-bond acceptors (Lipinski definition) is 4. The predicted octanol–water partition coefficient (Wildman–Crippen LogP) is 3.52. The quantitative estimate of drug-likeness (QED) is 0.615. The van der Waals surface area contributed by atoms with E-state index in [1.54, 1.807) is 30.5 Å².